The zero-order valence-corrected chi connectivity index (χ0v) is 11.9. The molecule has 0 fully saturated rings. The van der Waals surface area contributed by atoms with Gasteiger partial charge in [0.05, 0.1) is 6.61 Å². The number of fused-ring (bicyclic) bond motifs is 1. The molecule has 1 aliphatic rings. The predicted octanol–water partition coefficient (Wildman–Crippen LogP) is 4.27. The minimum Gasteiger partial charge on any atom is -0.360 e. The molecule has 3 atom stereocenters. The zero-order chi connectivity index (χ0) is 13.1. The summed E-state index contributed by atoms with van der Waals surface area (Å²) in [5, 5.41) is 3.57. The number of rotatable bonds is 4. The zero-order valence-electron chi connectivity index (χ0n) is 11.9. The maximum Gasteiger partial charge on any atom is 0.131 e. The Labute approximate surface area is 111 Å². The smallest absolute Gasteiger partial charge is 0.131 e. The topological polar surface area (TPSA) is 21.3 Å². The summed E-state index contributed by atoms with van der Waals surface area (Å²) in [4.78, 5) is 0. The van der Waals surface area contributed by atoms with E-state index in [2.05, 4.69) is 57.3 Å². The molecule has 1 aliphatic heterocycles. The summed E-state index contributed by atoms with van der Waals surface area (Å²) in [7, 11) is 0. The SMILES string of the molecule is CCC(C)C(C(C)C)C1Nc2ccccc2CO1. The summed E-state index contributed by atoms with van der Waals surface area (Å²) in [6, 6.07) is 8.44. The highest BCUT2D eigenvalue weighted by molar-refractivity contribution is 5.52. The molecule has 3 unspecified atom stereocenters. The fourth-order valence-electron chi connectivity index (χ4n) is 2.95. The highest BCUT2D eigenvalue weighted by Gasteiger charge is 2.31. The molecule has 0 amide bonds. The molecule has 0 spiro atoms. The van der Waals surface area contributed by atoms with Gasteiger partial charge in [0.1, 0.15) is 6.23 Å². The van der Waals surface area contributed by atoms with E-state index < -0.39 is 0 Å². The second-order valence-corrected chi connectivity index (χ2v) is 5.74. The third-order valence-electron chi connectivity index (χ3n) is 4.15. The first-order valence-corrected chi connectivity index (χ1v) is 7.09. The maximum absolute atomic E-state index is 6.04. The number of hydrogen-bond donors (Lipinski definition) is 1. The van der Waals surface area contributed by atoms with Crippen molar-refractivity contribution in [1.29, 1.82) is 0 Å². The molecule has 0 radical (unpaired) electrons. The Balaban J connectivity index is 2.15. The van der Waals surface area contributed by atoms with Crippen molar-refractivity contribution in [2.75, 3.05) is 5.32 Å². The molecule has 1 heterocycles. The quantitative estimate of drug-likeness (QED) is 0.857. The van der Waals surface area contributed by atoms with Gasteiger partial charge in [-0.2, -0.15) is 0 Å². The van der Waals surface area contributed by atoms with Crippen molar-refractivity contribution in [3.63, 3.8) is 0 Å². The second-order valence-electron chi connectivity index (χ2n) is 5.74. The molecule has 0 aliphatic carbocycles. The van der Waals surface area contributed by atoms with Gasteiger partial charge in [0.15, 0.2) is 0 Å². The molecular weight excluding hydrogens is 222 g/mol. The minimum atomic E-state index is 0.148. The summed E-state index contributed by atoms with van der Waals surface area (Å²) >= 11 is 0. The van der Waals surface area contributed by atoms with Crippen LogP contribution in [0.25, 0.3) is 0 Å². The lowest BCUT2D eigenvalue weighted by Crippen LogP contribution is -2.40. The van der Waals surface area contributed by atoms with Gasteiger partial charge in [-0.1, -0.05) is 52.3 Å². The van der Waals surface area contributed by atoms with Crippen LogP contribution >= 0.6 is 0 Å². The average molecular weight is 247 g/mol. The van der Waals surface area contributed by atoms with E-state index in [1.54, 1.807) is 0 Å². The first-order valence-electron chi connectivity index (χ1n) is 7.09. The summed E-state index contributed by atoms with van der Waals surface area (Å²) in [6.45, 7) is 9.91. The van der Waals surface area contributed by atoms with Crippen LogP contribution in [0.5, 0.6) is 0 Å². The van der Waals surface area contributed by atoms with E-state index in [9.17, 15) is 0 Å². The van der Waals surface area contributed by atoms with Crippen molar-refractivity contribution in [2.24, 2.45) is 17.8 Å². The number of hydrogen-bond acceptors (Lipinski definition) is 2. The third kappa shape index (κ3) is 2.69. The number of anilines is 1. The van der Waals surface area contributed by atoms with Crippen molar-refractivity contribution >= 4 is 5.69 Å². The van der Waals surface area contributed by atoms with Crippen molar-refractivity contribution in [1.82, 2.24) is 0 Å². The molecule has 1 N–H and O–H groups in total. The summed E-state index contributed by atoms with van der Waals surface area (Å²) < 4.78 is 6.04. The minimum absolute atomic E-state index is 0.148. The van der Waals surface area contributed by atoms with Crippen LogP contribution in [-0.4, -0.2) is 6.23 Å². The van der Waals surface area contributed by atoms with E-state index in [-0.39, 0.29) is 6.23 Å². The lowest BCUT2D eigenvalue weighted by molar-refractivity contribution is -0.0208. The van der Waals surface area contributed by atoms with Gasteiger partial charge in [0, 0.05) is 17.2 Å². The van der Waals surface area contributed by atoms with Gasteiger partial charge in [-0.05, 0) is 17.9 Å². The molecule has 0 aromatic heterocycles. The Hall–Kier alpha value is -1.02. The second kappa shape index (κ2) is 5.75. The van der Waals surface area contributed by atoms with Crippen LogP contribution in [-0.2, 0) is 11.3 Å². The van der Waals surface area contributed by atoms with Crippen LogP contribution in [0.1, 0.15) is 39.7 Å². The molecular formula is C16H25NO. The number of ether oxygens (including phenoxy) is 1. The van der Waals surface area contributed by atoms with Crippen LogP contribution in [0.4, 0.5) is 5.69 Å². The lowest BCUT2D eigenvalue weighted by Gasteiger charge is -2.38. The largest absolute Gasteiger partial charge is 0.360 e. The molecule has 100 valence electrons. The van der Waals surface area contributed by atoms with Gasteiger partial charge >= 0.3 is 0 Å². The van der Waals surface area contributed by atoms with Crippen LogP contribution in [0, 0.1) is 17.8 Å². The van der Waals surface area contributed by atoms with Crippen LogP contribution in [0.2, 0.25) is 0 Å². The fraction of sp³-hybridized carbons (Fsp3) is 0.625. The van der Waals surface area contributed by atoms with Gasteiger partial charge in [0.25, 0.3) is 0 Å². The van der Waals surface area contributed by atoms with E-state index in [1.165, 1.54) is 17.7 Å². The van der Waals surface area contributed by atoms with E-state index in [0.29, 0.717) is 17.8 Å². The Bertz CT molecular complexity index is 388. The number of nitrogens with one attached hydrogen (secondary N) is 1. The molecule has 2 rings (SSSR count). The highest BCUT2D eigenvalue weighted by Crippen LogP contribution is 2.33. The predicted molar refractivity (Wildman–Crippen MR) is 76.4 cm³/mol. The fourth-order valence-corrected chi connectivity index (χ4v) is 2.95. The highest BCUT2D eigenvalue weighted by atomic mass is 16.5. The number of benzene rings is 1. The standard InChI is InChI=1S/C16H25NO/c1-5-12(4)15(11(2)3)16-17-14-9-7-6-8-13(14)10-18-16/h6-9,11-12,15-17H,5,10H2,1-4H3. The van der Waals surface area contributed by atoms with Gasteiger partial charge in [0.2, 0.25) is 0 Å². The summed E-state index contributed by atoms with van der Waals surface area (Å²) in [5.41, 5.74) is 2.50. The monoisotopic (exact) mass is 247 g/mol. The van der Waals surface area contributed by atoms with Gasteiger partial charge in [-0.15, -0.1) is 0 Å². The Morgan fingerprint density at radius 2 is 2.00 bits per heavy atom. The van der Waals surface area contributed by atoms with E-state index in [0.717, 1.165) is 6.61 Å². The molecule has 2 heteroatoms. The Kier molecular flexibility index (Phi) is 4.28. The molecule has 2 nitrogen and oxygen atoms in total. The normalized spacial score (nSPS) is 22.2. The number of para-hydroxylation sites is 1. The van der Waals surface area contributed by atoms with Gasteiger partial charge in [-0.25, -0.2) is 0 Å². The molecule has 0 bridgehead atoms. The van der Waals surface area contributed by atoms with Crippen LogP contribution in [0.15, 0.2) is 24.3 Å². The summed E-state index contributed by atoms with van der Waals surface area (Å²) in [6.07, 6.45) is 1.35. The van der Waals surface area contributed by atoms with Crippen molar-refractivity contribution in [3.8, 4) is 0 Å². The lowest BCUT2D eigenvalue weighted by atomic mass is 9.81. The maximum atomic E-state index is 6.04. The molecule has 1 aromatic carbocycles. The van der Waals surface area contributed by atoms with Gasteiger partial charge < -0.3 is 10.1 Å². The van der Waals surface area contributed by atoms with E-state index in [1.807, 2.05) is 0 Å². The van der Waals surface area contributed by atoms with Crippen molar-refractivity contribution < 1.29 is 4.74 Å². The average Bonchev–Trinajstić information content (AvgIpc) is 2.38. The summed E-state index contributed by atoms with van der Waals surface area (Å²) in [5.74, 6) is 1.86. The van der Waals surface area contributed by atoms with Crippen LogP contribution in [0.3, 0.4) is 0 Å². The van der Waals surface area contributed by atoms with E-state index in [4.69, 9.17) is 4.74 Å². The van der Waals surface area contributed by atoms with E-state index >= 15 is 0 Å². The molecule has 0 saturated carbocycles. The third-order valence-corrected chi connectivity index (χ3v) is 4.15. The molecule has 1 aromatic rings. The first kappa shape index (κ1) is 13.4. The van der Waals surface area contributed by atoms with Crippen molar-refractivity contribution in [2.45, 2.75) is 47.0 Å². The van der Waals surface area contributed by atoms with Crippen molar-refractivity contribution in [3.05, 3.63) is 29.8 Å². The first-order chi connectivity index (χ1) is 8.63. The Morgan fingerprint density at radius 3 is 2.67 bits per heavy atom. The molecule has 18 heavy (non-hydrogen) atoms. The molecule has 0 saturated heterocycles. The Morgan fingerprint density at radius 1 is 1.28 bits per heavy atom. The van der Waals surface area contributed by atoms with Crippen LogP contribution < -0.4 is 5.32 Å². The van der Waals surface area contributed by atoms with Gasteiger partial charge in [-0.3, -0.25) is 0 Å².